The van der Waals surface area contributed by atoms with Gasteiger partial charge in [0, 0.05) is 11.6 Å². The zero-order chi connectivity index (χ0) is 12.9. The third-order valence-electron chi connectivity index (χ3n) is 2.16. The van der Waals surface area contributed by atoms with Gasteiger partial charge in [-0.15, -0.1) is 13.2 Å². The van der Waals surface area contributed by atoms with Crippen LogP contribution in [0.15, 0.2) is 30.3 Å². The molecule has 0 spiro atoms. The first-order valence-electron chi connectivity index (χ1n) is 5.12. The summed E-state index contributed by atoms with van der Waals surface area (Å²) in [6, 6.07) is 6.10. The molecule has 0 bridgehead atoms. The Balaban J connectivity index is 2.88. The van der Waals surface area contributed by atoms with Crippen molar-refractivity contribution in [2.75, 3.05) is 7.05 Å². The van der Waals surface area contributed by atoms with Crippen LogP contribution in [0.25, 0.3) is 6.08 Å². The summed E-state index contributed by atoms with van der Waals surface area (Å²) < 4.78 is 40.3. The number of hydrogen-bond donors (Lipinski definition) is 1. The number of halogens is 3. The fourth-order valence-corrected chi connectivity index (χ4v) is 1.18. The van der Waals surface area contributed by atoms with Gasteiger partial charge in [0.2, 0.25) is 0 Å². The number of alkyl halides is 3. The highest BCUT2D eigenvalue weighted by molar-refractivity contribution is 5.57. The van der Waals surface area contributed by atoms with Crippen molar-refractivity contribution in [2.45, 2.75) is 19.3 Å². The van der Waals surface area contributed by atoms with E-state index in [9.17, 15) is 13.2 Å². The minimum atomic E-state index is -4.67. The van der Waals surface area contributed by atoms with Gasteiger partial charge in [0.15, 0.2) is 0 Å². The third-order valence-corrected chi connectivity index (χ3v) is 2.16. The van der Waals surface area contributed by atoms with E-state index in [0.29, 0.717) is 5.56 Å². The lowest BCUT2D eigenvalue weighted by Gasteiger charge is -2.11. The molecule has 1 rings (SSSR count). The summed E-state index contributed by atoms with van der Waals surface area (Å²) in [4.78, 5) is 0. The molecule has 0 amide bonds. The van der Waals surface area contributed by atoms with Crippen LogP contribution < -0.4 is 10.1 Å². The van der Waals surface area contributed by atoms with Crippen LogP contribution in [0.2, 0.25) is 0 Å². The summed E-state index contributed by atoms with van der Waals surface area (Å²) in [7, 11) is 1.77. The first-order valence-corrected chi connectivity index (χ1v) is 5.12. The quantitative estimate of drug-likeness (QED) is 0.879. The Hall–Kier alpha value is -1.49. The summed E-state index contributed by atoms with van der Waals surface area (Å²) in [6.45, 7) is 1.89. The highest BCUT2D eigenvalue weighted by Gasteiger charge is 2.31. The molecule has 0 aliphatic heterocycles. The summed E-state index contributed by atoms with van der Waals surface area (Å²) in [5.74, 6) is -0.195. The lowest BCUT2D eigenvalue weighted by molar-refractivity contribution is -0.274. The second kappa shape index (κ2) is 5.72. The van der Waals surface area contributed by atoms with E-state index < -0.39 is 6.36 Å². The van der Waals surface area contributed by atoms with Crippen LogP contribution in [-0.4, -0.2) is 19.5 Å². The molecular formula is C12H14F3NO. The maximum absolute atomic E-state index is 12.1. The first-order chi connectivity index (χ1) is 7.92. The second-order valence-electron chi connectivity index (χ2n) is 3.52. The molecule has 1 atom stereocenters. The molecule has 0 aromatic heterocycles. The molecule has 0 aliphatic rings. The predicted octanol–water partition coefficient (Wildman–Crippen LogP) is 3.21. The first kappa shape index (κ1) is 13.6. The largest absolute Gasteiger partial charge is 0.573 e. The summed E-state index contributed by atoms with van der Waals surface area (Å²) in [6.07, 6.45) is -1.31. The van der Waals surface area contributed by atoms with Crippen molar-refractivity contribution in [2.24, 2.45) is 0 Å². The highest BCUT2D eigenvalue weighted by Crippen LogP contribution is 2.26. The number of nitrogens with one attached hydrogen (secondary N) is 1. The fourth-order valence-electron chi connectivity index (χ4n) is 1.18. The smallest absolute Gasteiger partial charge is 0.405 e. The molecule has 0 saturated heterocycles. The zero-order valence-corrected chi connectivity index (χ0v) is 9.58. The van der Waals surface area contributed by atoms with Crippen LogP contribution in [0.4, 0.5) is 13.2 Å². The van der Waals surface area contributed by atoms with Gasteiger partial charge in [0.05, 0.1) is 0 Å². The van der Waals surface area contributed by atoms with Gasteiger partial charge in [0.1, 0.15) is 5.75 Å². The van der Waals surface area contributed by atoms with E-state index in [2.05, 4.69) is 10.1 Å². The van der Waals surface area contributed by atoms with Gasteiger partial charge in [0.25, 0.3) is 0 Å². The molecule has 5 heteroatoms. The lowest BCUT2D eigenvalue weighted by Crippen LogP contribution is -2.18. The van der Waals surface area contributed by atoms with Crippen molar-refractivity contribution < 1.29 is 17.9 Å². The Kier molecular flexibility index (Phi) is 4.57. The SMILES string of the molecule is CNC(C)/C=C/c1ccccc1OC(F)(F)F. The highest BCUT2D eigenvalue weighted by atomic mass is 19.4. The van der Waals surface area contributed by atoms with Crippen molar-refractivity contribution in [3.05, 3.63) is 35.9 Å². The number of rotatable bonds is 4. The second-order valence-corrected chi connectivity index (χ2v) is 3.52. The lowest BCUT2D eigenvalue weighted by atomic mass is 10.1. The maximum atomic E-state index is 12.1. The van der Waals surface area contributed by atoms with Gasteiger partial charge < -0.3 is 10.1 Å². The van der Waals surface area contributed by atoms with Gasteiger partial charge in [-0.05, 0) is 20.0 Å². The third kappa shape index (κ3) is 4.91. The van der Waals surface area contributed by atoms with Crippen LogP contribution in [0.1, 0.15) is 12.5 Å². The summed E-state index contributed by atoms with van der Waals surface area (Å²) in [5.41, 5.74) is 0.395. The standard InChI is InChI=1S/C12H14F3NO/c1-9(16-2)7-8-10-5-3-4-6-11(10)17-12(13,14)15/h3-9,16H,1-2H3/b8-7+. The summed E-state index contributed by atoms with van der Waals surface area (Å²) >= 11 is 0. The van der Waals surface area contributed by atoms with Crippen LogP contribution in [0, 0.1) is 0 Å². The van der Waals surface area contributed by atoms with E-state index in [1.807, 2.05) is 6.92 Å². The summed E-state index contributed by atoms with van der Waals surface area (Å²) in [5, 5.41) is 2.95. The van der Waals surface area contributed by atoms with Crippen molar-refractivity contribution in [3.8, 4) is 5.75 Å². The minimum absolute atomic E-state index is 0.0777. The number of benzene rings is 1. The Labute approximate surface area is 98.1 Å². The van der Waals surface area contributed by atoms with E-state index in [0.717, 1.165) is 0 Å². The number of likely N-dealkylation sites (N-methyl/N-ethyl adjacent to an activating group) is 1. The monoisotopic (exact) mass is 245 g/mol. The van der Waals surface area contributed by atoms with Crippen molar-refractivity contribution in [1.29, 1.82) is 0 Å². The van der Waals surface area contributed by atoms with Crippen LogP contribution in [0.5, 0.6) is 5.75 Å². The number of hydrogen-bond acceptors (Lipinski definition) is 2. The average Bonchev–Trinajstić information content (AvgIpc) is 2.25. The van der Waals surface area contributed by atoms with E-state index in [4.69, 9.17) is 0 Å². The van der Waals surface area contributed by atoms with Crippen molar-refractivity contribution in [1.82, 2.24) is 5.32 Å². The molecular weight excluding hydrogens is 231 g/mol. The fraction of sp³-hybridized carbons (Fsp3) is 0.333. The van der Waals surface area contributed by atoms with Crippen LogP contribution in [0.3, 0.4) is 0 Å². The van der Waals surface area contributed by atoms with E-state index >= 15 is 0 Å². The van der Waals surface area contributed by atoms with Crippen LogP contribution in [-0.2, 0) is 0 Å². The topological polar surface area (TPSA) is 21.3 Å². The van der Waals surface area contributed by atoms with Gasteiger partial charge >= 0.3 is 6.36 Å². The molecule has 2 nitrogen and oxygen atoms in total. The number of para-hydroxylation sites is 1. The molecule has 17 heavy (non-hydrogen) atoms. The molecule has 1 N–H and O–H groups in total. The molecule has 0 saturated carbocycles. The van der Waals surface area contributed by atoms with Crippen molar-refractivity contribution >= 4 is 6.08 Å². The van der Waals surface area contributed by atoms with Crippen LogP contribution >= 0.6 is 0 Å². The molecule has 1 aromatic rings. The molecule has 1 aromatic carbocycles. The Bertz CT molecular complexity index is 388. The maximum Gasteiger partial charge on any atom is 0.573 e. The van der Waals surface area contributed by atoms with E-state index in [1.54, 1.807) is 31.3 Å². The normalized spacial score (nSPS) is 13.9. The zero-order valence-electron chi connectivity index (χ0n) is 9.58. The minimum Gasteiger partial charge on any atom is -0.405 e. The van der Waals surface area contributed by atoms with E-state index in [-0.39, 0.29) is 11.8 Å². The predicted molar refractivity (Wildman–Crippen MR) is 60.7 cm³/mol. The molecule has 0 radical (unpaired) electrons. The molecule has 0 heterocycles. The molecule has 0 aliphatic carbocycles. The Morgan fingerprint density at radius 2 is 1.94 bits per heavy atom. The Morgan fingerprint density at radius 1 is 1.29 bits per heavy atom. The Morgan fingerprint density at radius 3 is 2.53 bits per heavy atom. The van der Waals surface area contributed by atoms with Gasteiger partial charge in [-0.1, -0.05) is 30.4 Å². The average molecular weight is 245 g/mol. The van der Waals surface area contributed by atoms with Gasteiger partial charge in [-0.2, -0.15) is 0 Å². The van der Waals surface area contributed by atoms with Gasteiger partial charge in [-0.25, -0.2) is 0 Å². The van der Waals surface area contributed by atoms with E-state index in [1.165, 1.54) is 12.1 Å². The van der Waals surface area contributed by atoms with Crippen molar-refractivity contribution in [3.63, 3.8) is 0 Å². The molecule has 0 fully saturated rings. The molecule has 1 unspecified atom stereocenters. The number of ether oxygens (including phenoxy) is 1. The molecule has 94 valence electrons. The van der Waals surface area contributed by atoms with Gasteiger partial charge in [-0.3, -0.25) is 0 Å².